The maximum atomic E-state index is 12.6. The molecule has 0 saturated carbocycles. The topological polar surface area (TPSA) is 49.9 Å². The van der Waals surface area contributed by atoms with Crippen molar-refractivity contribution in [2.45, 2.75) is 6.92 Å². The molecule has 5 nitrogen and oxygen atoms in total. The summed E-state index contributed by atoms with van der Waals surface area (Å²) in [5.74, 6) is -0.00382. The molecule has 6 heteroatoms. The van der Waals surface area contributed by atoms with Crippen molar-refractivity contribution < 1.29 is 14.3 Å². The van der Waals surface area contributed by atoms with Crippen molar-refractivity contribution in [3.05, 3.63) is 33.8 Å². The molecule has 0 spiro atoms. The molecule has 0 bridgehead atoms. The molecule has 0 aromatic heterocycles. The van der Waals surface area contributed by atoms with E-state index in [-0.39, 0.29) is 18.4 Å². The highest BCUT2D eigenvalue weighted by atomic mass is 79.9. The van der Waals surface area contributed by atoms with Crippen molar-refractivity contribution in [3.63, 3.8) is 0 Å². The minimum Gasteiger partial charge on any atom is -0.375 e. The molecule has 0 radical (unpaired) electrons. The van der Waals surface area contributed by atoms with E-state index in [1.54, 1.807) is 9.80 Å². The van der Waals surface area contributed by atoms with Crippen LogP contribution in [0.15, 0.2) is 22.7 Å². The van der Waals surface area contributed by atoms with Gasteiger partial charge in [0.25, 0.3) is 5.91 Å². The second-order valence-corrected chi connectivity index (χ2v) is 5.98. The third-order valence-electron chi connectivity index (χ3n) is 3.62. The highest BCUT2D eigenvalue weighted by Gasteiger charge is 2.25. The molecule has 21 heavy (non-hydrogen) atoms. The first kappa shape index (κ1) is 16.0. The van der Waals surface area contributed by atoms with Crippen LogP contribution >= 0.6 is 15.9 Å². The Morgan fingerprint density at radius 1 is 1.19 bits per heavy atom. The molecular weight excluding hydrogens is 336 g/mol. The number of ether oxygens (including phenoxy) is 1. The largest absolute Gasteiger partial charge is 0.375 e. The molecular formula is C15H19BrN2O3. The zero-order chi connectivity index (χ0) is 15.4. The van der Waals surface area contributed by atoms with Crippen LogP contribution in [0.25, 0.3) is 0 Å². The van der Waals surface area contributed by atoms with Gasteiger partial charge in [-0.3, -0.25) is 9.59 Å². The number of rotatable bonds is 3. The van der Waals surface area contributed by atoms with Crippen LogP contribution in [0.1, 0.15) is 15.9 Å². The number of aryl methyl sites for hydroxylation is 1. The summed E-state index contributed by atoms with van der Waals surface area (Å²) in [4.78, 5) is 27.8. The summed E-state index contributed by atoms with van der Waals surface area (Å²) in [5.41, 5.74) is 1.67. The van der Waals surface area contributed by atoms with Gasteiger partial charge in [-0.05, 0) is 24.6 Å². The Hall–Kier alpha value is -1.40. The third-order valence-corrected chi connectivity index (χ3v) is 4.11. The lowest BCUT2D eigenvalue weighted by molar-refractivity contribution is -0.136. The smallest absolute Gasteiger partial charge is 0.254 e. The highest BCUT2D eigenvalue weighted by Crippen LogP contribution is 2.18. The predicted octanol–water partition coefficient (Wildman–Crippen LogP) is 1.69. The fraction of sp³-hybridized carbons (Fsp3) is 0.467. The Balaban J connectivity index is 2.00. The Kier molecular flexibility index (Phi) is 5.36. The third kappa shape index (κ3) is 3.83. The van der Waals surface area contributed by atoms with Gasteiger partial charge in [-0.2, -0.15) is 0 Å². The van der Waals surface area contributed by atoms with Gasteiger partial charge in [0.15, 0.2) is 0 Å². The number of amides is 2. The summed E-state index contributed by atoms with van der Waals surface area (Å²) in [6.45, 7) is 4.25. The normalized spacial score (nSPS) is 15.2. The molecule has 0 aliphatic carbocycles. The lowest BCUT2D eigenvalue weighted by Crippen LogP contribution is -2.51. The van der Waals surface area contributed by atoms with E-state index < -0.39 is 0 Å². The van der Waals surface area contributed by atoms with Crippen LogP contribution in [0.2, 0.25) is 0 Å². The van der Waals surface area contributed by atoms with Gasteiger partial charge in [0.2, 0.25) is 5.91 Å². The standard InChI is InChI=1S/C15H19BrN2O3/c1-11-3-4-12(16)9-13(11)15(20)18-7-5-17(6-8-18)14(19)10-21-2/h3-4,9H,5-8,10H2,1-2H3. The molecule has 1 aliphatic rings. The lowest BCUT2D eigenvalue weighted by Gasteiger charge is -2.35. The zero-order valence-electron chi connectivity index (χ0n) is 12.3. The van der Waals surface area contributed by atoms with Crippen molar-refractivity contribution in [3.8, 4) is 0 Å². The molecule has 1 fully saturated rings. The summed E-state index contributed by atoms with van der Waals surface area (Å²) < 4.78 is 5.75. The Morgan fingerprint density at radius 2 is 1.81 bits per heavy atom. The van der Waals surface area contributed by atoms with Crippen molar-refractivity contribution in [1.29, 1.82) is 0 Å². The molecule has 1 heterocycles. The Morgan fingerprint density at radius 3 is 2.43 bits per heavy atom. The van der Waals surface area contributed by atoms with E-state index in [0.717, 1.165) is 10.0 Å². The number of carbonyl (C=O) groups excluding carboxylic acids is 2. The van der Waals surface area contributed by atoms with Gasteiger partial charge in [0.05, 0.1) is 0 Å². The number of piperazine rings is 1. The van der Waals surface area contributed by atoms with Crippen molar-refractivity contribution >= 4 is 27.7 Å². The average Bonchev–Trinajstić information content (AvgIpc) is 2.49. The van der Waals surface area contributed by atoms with E-state index in [2.05, 4.69) is 15.9 Å². The monoisotopic (exact) mass is 354 g/mol. The van der Waals surface area contributed by atoms with Gasteiger partial charge in [-0.1, -0.05) is 22.0 Å². The van der Waals surface area contributed by atoms with Gasteiger partial charge in [-0.15, -0.1) is 0 Å². The fourth-order valence-corrected chi connectivity index (χ4v) is 2.73. The highest BCUT2D eigenvalue weighted by molar-refractivity contribution is 9.10. The number of hydrogen-bond donors (Lipinski definition) is 0. The molecule has 0 unspecified atom stereocenters. The van der Waals surface area contributed by atoms with Crippen LogP contribution in [-0.4, -0.2) is 61.5 Å². The minimum absolute atomic E-state index is 0.0210. The second kappa shape index (κ2) is 7.04. The summed E-state index contributed by atoms with van der Waals surface area (Å²) in [6, 6.07) is 5.70. The summed E-state index contributed by atoms with van der Waals surface area (Å²) in [5, 5.41) is 0. The van der Waals surface area contributed by atoms with Gasteiger partial charge < -0.3 is 14.5 Å². The number of carbonyl (C=O) groups is 2. The van der Waals surface area contributed by atoms with Gasteiger partial charge >= 0.3 is 0 Å². The summed E-state index contributed by atoms with van der Waals surface area (Å²) >= 11 is 3.40. The van der Waals surface area contributed by atoms with Crippen LogP contribution in [0, 0.1) is 6.92 Å². The van der Waals surface area contributed by atoms with E-state index in [0.29, 0.717) is 31.7 Å². The van der Waals surface area contributed by atoms with Crippen molar-refractivity contribution in [2.24, 2.45) is 0 Å². The maximum absolute atomic E-state index is 12.6. The lowest BCUT2D eigenvalue weighted by atomic mass is 10.1. The van der Waals surface area contributed by atoms with Crippen LogP contribution in [0.5, 0.6) is 0 Å². The number of methoxy groups -OCH3 is 1. The quantitative estimate of drug-likeness (QED) is 0.829. The van der Waals surface area contributed by atoms with Crippen LogP contribution in [0.4, 0.5) is 0 Å². The molecule has 1 saturated heterocycles. The Labute approximate surface area is 133 Å². The van der Waals surface area contributed by atoms with Crippen molar-refractivity contribution in [2.75, 3.05) is 39.9 Å². The molecule has 2 rings (SSSR count). The maximum Gasteiger partial charge on any atom is 0.254 e. The van der Waals surface area contributed by atoms with Gasteiger partial charge in [0, 0.05) is 43.3 Å². The van der Waals surface area contributed by atoms with Gasteiger partial charge in [-0.25, -0.2) is 0 Å². The van der Waals surface area contributed by atoms with Crippen LogP contribution in [0.3, 0.4) is 0 Å². The molecule has 0 atom stereocenters. The number of benzene rings is 1. The molecule has 1 aromatic rings. The molecule has 1 aliphatic heterocycles. The molecule has 114 valence electrons. The number of halogens is 1. The van der Waals surface area contributed by atoms with E-state index in [9.17, 15) is 9.59 Å². The zero-order valence-corrected chi connectivity index (χ0v) is 13.9. The molecule has 0 N–H and O–H groups in total. The van der Waals surface area contributed by atoms with E-state index in [1.165, 1.54) is 7.11 Å². The first-order chi connectivity index (χ1) is 10.0. The second-order valence-electron chi connectivity index (χ2n) is 5.07. The van der Waals surface area contributed by atoms with Crippen molar-refractivity contribution in [1.82, 2.24) is 9.80 Å². The van der Waals surface area contributed by atoms with E-state index in [1.807, 2.05) is 25.1 Å². The number of nitrogens with zero attached hydrogens (tertiary/aromatic N) is 2. The SMILES string of the molecule is COCC(=O)N1CCN(C(=O)c2cc(Br)ccc2C)CC1. The average molecular weight is 355 g/mol. The Bertz CT molecular complexity index is 540. The number of hydrogen-bond acceptors (Lipinski definition) is 3. The summed E-state index contributed by atoms with van der Waals surface area (Å²) in [7, 11) is 1.51. The van der Waals surface area contributed by atoms with Gasteiger partial charge in [0.1, 0.15) is 6.61 Å². The summed E-state index contributed by atoms with van der Waals surface area (Å²) in [6.07, 6.45) is 0. The fourth-order valence-electron chi connectivity index (χ4n) is 2.37. The van der Waals surface area contributed by atoms with Crippen LogP contribution in [-0.2, 0) is 9.53 Å². The van der Waals surface area contributed by atoms with Crippen LogP contribution < -0.4 is 0 Å². The molecule has 2 amide bonds. The van der Waals surface area contributed by atoms with E-state index in [4.69, 9.17) is 4.74 Å². The predicted molar refractivity (Wildman–Crippen MR) is 83.2 cm³/mol. The van der Waals surface area contributed by atoms with E-state index >= 15 is 0 Å². The first-order valence-electron chi connectivity index (χ1n) is 6.85. The minimum atomic E-state index is -0.0248. The molecule has 1 aromatic carbocycles. The first-order valence-corrected chi connectivity index (χ1v) is 7.64.